The van der Waals surface area contributed by atoms with Crippen LogP contribution in [0.5, 0.6) is 0 Å². The number of carbonyl (C=O) groups is 1. The predicted octanol–water partition coefficient (Wildman–Crippen LogP) is 2.70. The molecule has 2 heterocycles. The lowest BCUT2D eigenvalue weighted by Gasteiger charge is -2.26. The third-order valence-electron chi connectivity index (χ3n) is 5.65. The number of rotatable bonds is 6. The number of nitrogens with one attached hydrogen (secondary N) is 2. The summed E-state index contributed by atoms with van der Waals surface area (Å²) in [6.07, 6.45) is 7.40. The largest absolute Gasteiger partial charge is 0.356 e. The molecule has 1 aromatic rings. The third kappa shape index (κ3) is 6.82. The molecule has 1 saturated carbocycles. The molecule has 29 heavy (non-hydrogen) atoms. The Morgan fingerprint density at radius 1 is 1.28 bits per heavy atom. The Morgan fingerprint density at radius 2 is 2.03 bits per heavy atom. The quantitative estimate of drug-likeness (QED) is 0.342. The van der Waals surface area contributed by atoms with E-state index in [1.807, 2.05) is 18.7 Å². The molecule has 2 fully saturated rings. The summed E-state index contributed by atoms with van der Waals surface area (Å²) in [4.78, 5) is 23.4. The molecule has 9 heteroatoms. The van der Waals surface area contributed by atoms with Gasteiger partial charge in [0.1, 0.15) is 0 Å². The van der Waals surface area contributed by atoms with E-state index in [2.05, 4.69) is 25.8 Å². The first-order valence-corrected chi connectivity index (χ1v) is 10.6. The second-order valence-corrected chi connectivity index (χ2v) is 8.20. The van der Waals surface area contributed by atoms with Crippen molar-refractivity contribution in [1.29, 1.82) is 0 Å². The van der Waals surface area contributed by atoms with Crippen LogP contribution in [0, 0.1) is 5.92 Å². The monoisotopic (exact) mass is 518 g/mol. The fourth-order valence-electron chi connectivity index (χ4n) is 3.97. The van der Waals surface area contributed by atoms with Crippen LogP contribution in [0.15, 0.2) is 9.52 Å². The lowest BCUT2D eigenvalue weighted by Crippen LogP contribution is -2.46. The van der Waals surface area contributed by atoms with Crippen molar-refractivity contribution in [2.24, 2.45) is 10.9 Å². The number of aliphatic imine (C=N–C) groups is 1. The first-order chi connectivity index (χ1) is 13.6. The maximum Gasteiger partial charge on any atom is 0.228 e. The van der Waals surface area contributed by atoms with Crippen molar-refractivity contribution >= 4 is 35.8 Å². The van der Waals surface area contributed by atoms with Crippen molar-refractivity contribution in [3.8, 4) is 0 Å². The van der Waals surface area contributed by atoms with Crippen LogP contribution in [0.25, 0.3) is 0 Å². The van der Waals surface area contributed by atoms with Crippen LogP contribution in [0.2, 0.25) is 0 Å². The third-order valence-corrected chi connectivity index (χ3v) is 5.65. The number of halogens is 1. The van der Waals surface area contributed by atoms with Crippen molar-refractivity contribution in [2.75, 3.05) is 26.7 Å². The maximum absolute atomic E-state index is 12.7. The molecule has 2 aliphatic rings. The fraction of sp³-hybridized carbons (Fsp3) is 0.800. The Bertz CT molecular complexity index is 672. The lowest BCUT2D eigenvalue weighted by atomic mass is 9.88. The Hall–Kier alpha value is -1.39. The van der Waals surface area contributed by atoms with Gasteiger partial charge in [-0.05, 0) is 19.3 Å². The fourth-order valence-corrected chi connectivity index (χ4v) is 3.97. The topological polar surface area (TPSA) is 95.7 Å². The summed E-state index contributed by atoms with van der Waals surface area (Å²) < 4.78 is 5.27. The van der Waals surface area contributed by atoms with Gasteiger partial charge in [-0.15, -0.1) is 24.0 Å². The van der Waals surface area contributed by atoms with Crippen LogP contribution in [0.4, 0.5) is 0 Å². The summed E-state index contributed by atoms with van der Waals surface area (Å²) in [5.41, 5.74) is 0. The smallest absolute Gasteiger partial charge is 0.228 e. The Kier molecular flexibility index (Phi) is 9.64. The summed E-state index contributed by atoms with van der Waals surface area (Å²) in [5, 5.41) is 10.7. The molecule has 1 unspecified atom stereocenters. The van der Waals surface area contributed by atoms with Crippen LogP contribution < -0.4 is 10.6 Å². The van der Waals surface area contributed by atoms with E-state index in [1.165, 1.54) is 19.3 Å². The van der Waals surface area contributed by atoms with E-state index in [9.17, 15) is 4.79 Å². The summed E-state index contributed by atoms with van der Waals surface area (Å²) in [6.45, 7) is 6.35. The molecule has 0 radical (unpaired) electrons. The molecular formula is C20H35IN6O2. The zero-order chi connectivity index (χ0) is 19.9. The number of nitrogens with zero attached hydrogens (tertiary/aromatic N) is 4. The number of likely N-dealkylation sites (tertiary alicyclic amines) is 1. The van der Waals surface area contributed by atoms with Crippen molar-refractivity contribution in [1.82, 2.24) is 25.7 Å². The van der Waals surface area contributed by atoms with E-state index in [-0.39, 0.29) is 41.9 Å². The maximum atomic E-state index is 12.7. The van der Waals surface area contributed by atoms with Gasteiger partial charge in [-0.1, -0.05) is 38.3 Å². The molecule has 1 aliphatic heterocycles. The first kappa shape index (κ1) is 23.9. The van der Waals surface area contributed by atoms with Gasteiger partial charge in [-0.3, -0.25) is 9.79 Å². The van der Waals surface area contributed by atoms with Crippen LogP contribution >= 0.6 is 24.0 Å². The second kappa shape index (κ2) is 11.7. The molecule has 0 aromatic carbocycles. The van der Waals surface area contributed by atoms with E-state index >= 15 is 0 Å². The van der Waals surface area contributed by atoms with Gasteiger partial charge in [-0.25, -0.2) is 0 Å². The molecule has 164 valence electrons. The van der Waals surface area contributed by atoms with Gasteiger partial charge in [0, 0.05) is 51.0 Å². The number of amides is 1. The van der Waals surface area contributed by atoms with Gasteiger partial charge in [-0.2, -0.15) is 4.98 Å². The molecule has 8 nitrogen and oxygen atoms in total. The molecule has 1 aromatic heterocycles. The van der Waals surface area contributed by atoms with Crippen molar-refractivity contribution < 1.29 is 9.32 Å². The van der Waals surface area contributed by atoms with Crippen LogP contribution in [-0.4, -0.2) is 59.6 Å². The normalized spacial score (nSPS) is 20.6. The number of aromatic nitrogens is 2. The molecule has 1 saturated heterocycles. The average Bonchev–Trinajstić information content (AvgIpc) is 3.37. The highest BCUT2D eigenvalue weighted by molar-refractivity contribution is 14.0. The summed E-state index contributed by atoms with van der Waals surface area (Å²) in [5.74, 6) is 2.99. The SMILES string of the molecule is CN=C(NCCc1nc(C(C)C)no1)NC1CCN(C(=O)C2CCCCC2)C1.I. The second-order valence-electron chi connectivity index (χ2n) is 8.20. The molecule has 1 amide bonds. The van der Waals surface area contributed by atoms with Gasteiger partial charge in [0.05, 0.1) is 0 Å². The molecule has 3 rings (SSSR count). The number of guanidine groups is 1. The number of hydrogen-bond acceptors (Lipinski definition) is 5. The minimum absolute atomic E-state index is 0. The van der Waals surface area contributed by atoms with Gasteiger partial charge >= 0.3 is 0 Å². The zero-order valence-corrected chi connectivity index (χ0v) is 20.1. The van der Waals surface area contributed by atoms with E-state index in [4.69, 9.17) is 4.52 Å². The van der Waals surface area contributed by atoms with Crippen LogP contribution in [0.3, 0.4) is 0 Å². The summed E-state index contributed by atoms with van der Waals surface area (Å²) >= 11 is 0. The number of hydrogen-bond donors (Lipinski definition) is 2. The van der Waals surface area contributed by atoms with Crippen molar-refractivity contribution in [3.63, 3.8) is 0 Å². The Labute approximate surface area is 190 Å². The summed E-state index contributed by atoms with van der Waals surface area (Å²) in [6, 6.07) is 0.245. The molecule has 1 atom stereocenters. The molecular weight excluding hydrogens is 483 g/mol. The van der Waals surface area contributed by atoms with Gasteiger partial charge in [0.2, 0.25) is 11.8 Å². The summed E-state index contributed by atoms with van der Waals surface area (Å²) in [7, 11) is 1.76. The predicted molar refractivity (Wildman–Crippen MR) is 124 cm³/mol. The van der Waals surface area contributed by atoms with Gasteiger partial charge in [0.15, 0.2) is 11.8 Å². The van der Waals surface area contributed by atoms with E-state index < -0.39 is 0 Å². The highest BCUT2D eigenvalue weighted by Gasteiger charge is 2.31. The highest BCUT2D eigenvalue weighted by atomic mass is 127. The van der Waals surface area contributed by atoms with Crippen LogP contribution in [0.1, 0.15) is 70.0 Å². The molecule has 2 N–H and O–H groups in total. The Morgan fingerprint density at radius 3 is 2.69 bits per heavy atom. The lowest BCUT2D eigenvalue weighted by molar-refractivity contribution is -0.135. The van der Waals surface area contributed by atoms with E-state index in [0.29, 0.717) is 24.8 Å². The standard InChI is InChI=1S/C20H34N6O2.HI/c1-14(2)18-24-17(28-25-18)9-11-22-20(21-3)23-16-10-12-26(13-16)19(27)15-7-5-4-6-8-15;/h14-16H,4-13H2,1-3H3,(H2,21,22,23);1H. The van der Waals surface area contributed by atoms with Gasteiger partial charge < -0.3 is 20.1 Å². The zero-order valence-electron chi connectivity index (χ0n) is 17.8. The molecule has 0 bridgehead atoms. The van der Waals surface area contributed by atoms with Crippen molar-refractivity contribution in [3.05, 3.63) is 11.7 Å². The van der Waals surface area contributed by atoms with Gasteiger partial charge in [0.25, 0.3) is 0 Å². The molecule has 1 aliphatic carbocycles. The minimum Gasteiger partial charge on any atom is -0.356 e. The van der Waals surface area contributed by atoms with Crippen LogP contribution in [-0.2, 0) is 11.2 Å². The van der Waals surface area contributed by atoms with E-state index in [0.717, 1.165) is 44.1 Å². The van der Waals surface area contributed by atoms with E-state index in [1.54, 1.807) is 7.05 Å². The average molecular weight is 518 g/mol. The highest BCUT2D eigenvalue weighted by Crippen LogP contribution is 2.26. The Balaban J connectivity index is 0.00000300. The molecule has 0 spiro atoms. The first-order valence-electron chi connectivity index (χ1n) is 10.6. The minimum atomic E-state index is 0. The number of carbonyl (C=O) groups excluding carboxylic acids is 1. The van der Waals surface area contributed by atoms with Crippen molar-refractivity contribution in [2.45, 2.75) is 70.8 Å².